The van der Waals surface area contributed by atoms with Gasteiger partial charge in [0.1, 0.15) is 0 Å². The summed E-state index contributed by atoms with van der Waals surface area (Å²) < 4.78 is 1.75. The molecule has 0 fully saturated rings. The lowest BCUT2D eigenvalue weighted by Gasteiger charge is -2.04. The van der Waals surface area contributed by atoms with Crippen LogP contribution in [0.4, 0.5) is 0 Å². The number of carbonyl (C=O) groups is 2. The SMILES string of the molecule is CC(=O)c1ccc[n+](CC(=O)c2cccc3ccccc23)c1. The lowest BCUT2D eigenvalue weighted by atomic mass is 10.0. The van der Waals surface area contributed by atoms with Gasteiger partial charge in [0.15, 0.2) is 18.2 Å². The summed E-state index contributed by atoms with van der Waals surface area (Å²) in [4.78, 5) is 24.0. The van der Waals surface area contributed by atoms with Crippen molar-refractivity contribution < 1.29 is 14.2 Å². The first-order valence-electron chi connectivity index (χ1n) is 7.16. The van der Waals surface area contributed by atoms with Crippen molar-refractivity contribution in [3.63, 3.8) is 0 Å². The highest BCUT2D eigenvalue weighted by Crippen LogP contribution is 2.18. The molecule has 3 heteroatoms. The molecule has 0 saturated carbocycles. The van der Waals surface area contributed by atoms with E-state index in [0.29, 0.717) is 11.1 Å². The zero-order valence-electron chi connectivity index (χ0n) is 12.3. The van der Waals surface area contributed by atoms with Crippen molar-refractivity contribution >= 4 is 22.3 Å². The monoisotopic (exact) mass is 290 g/mol. The maximum Gasteiger partial charge on any atom is 0.228 e. The highest BCUT2D eigenvalue weighted by atomic mass is 16.1. The smallest absolute Gasteiger partial charge is 0.228 e. The molecule has 0 saturated heterocycles. The minimum absolute atomic E-state index is 0.00744. The van der Waals surface area contributed by atoms with Crippen LogP contribution in [0.3, 0.4) is 0 Å². The second-order valence-electron chi connectivity index (χ2n) is 5.27. The molecule has 0 atom stereocenters. The van der Waals surface area contributed by atoms with Gasteiger partial charge in [0.05, 0.1) is 5.56 Å². The minimum Gasteiger partial charge on any atom is -0.294 e. The molecule has 0 amide bonds. The van der Waals surface area contributed by atoms with Crippen LogP contribution >= 0.6 is 0 Å². The number of hydrogen-bond acceptors (Lipinski definition) is 2. The third-order valence-corrected chi connectivity index (χ3v) is 3.68. The van der Waals surface area contributed by atoms with E-state index in [1.165, 1.54) is 6.92 Å². The molecule has 1 aromatic heterocycles. The first-order valence-corrected chi connectivity index (χ1v) is 7.16. The molecule has 0 N–H and O–H groups in total. The molecule has 22 heavy (non-hydrogen) atoms. The number of carbonyl (C=O) groups excluding carboxylic acids is 2. The number of hydrogen-bond donors (Lipinski definition) is 0. The largest absolute Gasteiger partial charge is 0.294 e. The van der Waals surface area contributed by atoms with Gasteiger partial charge in [-0.3, -0.25) is 9.59 Å². The molecule has 2 aromatic carbocycles. The Morgan fingerprint density at radius 1 is 0.955 bits per heavy atom. The zero-order valence-corrected chi connectivity index (χ0v) is 12.3. The van der Waals surface area contributed by atoms with Crippen molar-refractivity contribution in [1.29, 1.82) is 0 Å². The number of ketones is 2. The van der Waals surface area contributed by atoms with Crippen LogP contribution in [-0.2, 0) is 6.54 Å². The Morgan fingerprint density at radius 2 is 1.73 bits per heavy atom. The first kappa shape index (κ1) is 14.1. The topological polar surface area (TPSA) is 38.0 Å². The molecule has 3 rings (SSSR count). The van der Waals surface area contributed by atoms with Gasteiger partial charge in [-0.1, -0.05) is 42.5 Å². The summed E-state index contributed by atoms with van der Waals surface area (Å²) in [6, 6.07) is 17.1. The standard InChI is InChI=1S/C19H16NO2/c1-14(21)16-8-5-11-20(12-16)13-19(22)18-10-4-7-15-6-2-3-9-17(15)18/h2-12H,13H2,1H3/q+1. The highest BCUT2D eigenvalue weighted by Gasteiger charge is 2.15. The van der Waals surface area contributed by atoms with Gasteiger partial charge in [-0.05, 0) is 23.8 Å². The van der Waals surface area contributed by atoms with Gasteiger partial charge in [-0.25, -0.2) is 0 Å². The molecular weight excluding hydrogens is 274 g/mol. The van der Waals surface area contributed by atoms with E-state index in [9.17, 15) is 9.59 Å². The Labute approximate surface area is 128 Å². The van der Waals surface area contributed by atoms with Crippen molar-refractivity contribution in [1.82, 2.24) is 0 Å². The highest BCUT2D eigenvalue weighted by molar-refractivity contribution is 6.07. The van der Waals surface area contributed by atoms with E-state index >= 15 is 0 Å². The molecule has 0 aliphatic rings. The summed E-state index contributed by atoms with van der Waals surface area (Å²) in [6.07, 6.45) is 3.51. The van der Waals surface area contributed by atoms with E-state index in [4.69, 9.17) is 0 Å². The average molecular weight is 290 g/mol. The van der Waals surface area contributed by atoms with Gasteiger partial charge < -0.3 is 0 Å². The van der Waals surface area contributed by atoms with E-state index < -0.39 is 0 Å². The summed E-state index contributed by atoms with van der Waals surface area (Å²) in [5.41, 5.74) is 1.31. The van der Waals surface area contributed by atoms with Crippen molar-refractivity contribution in [3.05, 3.63) is 78.1 Å². The average Bonchev–Trinajstić information content (AvgIpc) is 2.54. The van der Waals surface area contributed by atoms with Crippen LogP contribution in [0.1, 0.15) is 27.6 Å². The summed E-state index contributed by atoms with van der Waals surface area (Å²) in [7, 11) is 0. The van der Waals surface area contributed by atoms with Crippen LogP contribution in [0.15, 0.2) is 67.0 Å². The van der Waals surface area contributed by atoms with Crippen LogP contribution in [0.2, 0.25) is 0 Å². The first-order chi connectivity index (χ1) is 10.6. The van der Waals surface area contributed by atoms with Crippen LogP contribution in [0, 0.1) is 0 Å². The van der Waals surface area contributed by atoms with E-state index in [1.54, 1.807) is 29.1 Å². The Bertz CT molecular complexity index is 863. The second kappa shape index (κ2) is 5.90. The molecule has 0 spiro atoms. The molecule has 0 aliphatic heterocycles. The maximum atomic E-state index is 12.6. The third-order valence-electron chi connectivity index (χ3n) is 3.68. The third kappa shape index (κ3) is 2.79. The molecule has 0 aliphatic carbocycles. The Balaban J connectivity index is 1.94. The Hall–Kier alpha value is -2.81. The van der Waals surface area contributed by atoms with Gasteiger partial charge in [0.25, 0.3) is 0 Å². The summed E-state index contributed by atoms with van der Waals surface area (Å²) in [6.45, 7) is 1.74. The van der Waals surface area contributed by atoms with E-state index in [-0.39, 0.29) is 18.1 Å². The molecule has 0 radical (unpaired) electrons. The summed E-state index contributed by atoms with van der Waals surface area (Å²) >= 11 is 0. The van der Waals surface area contributed by atoms with Crippen LogP contribution in [-0.4, -0.2) is 11.6 Å². The molecule has 1 heterocycles. The van der Waals surface area contributed by atoms with Gasteiger partial charge in [-0.2, -0.15) is 4.57 Å². The number of fused-ring (bicyclic) bond motifs is 1. The number of aromatic nitrogens is 1. The fourth-order valence-corrected chi connectivity index (χ4v) is 2.55. The summed E-state index contributed by atoms with van der Waals surface area (Å²) in [5, 5.41) is 2.01. The fourth-order valence-electron chi connectivity index (χ4n) is 2.55. The van der Waals surface area contributed by atoms with Crippen LogP contribution < -0.4 is 4.57 Å². The molecular formula is C19H16NO2+. The predicted octanol–water partition coefficient (Wildman–Crippen LogP) is 3.21. The number of nitrogens with zero attached hydrogens (tertiary/aromatic N) is 1. The van der Waals surface area contributed by atoms with Crippen LogP contribution in [0.25, 0.3) is 10.8 Å². The Morgan fingerprint density at radius 3 is 2.55 bits per heavy atom. The minimum atomic E-state index is -0.00744. The van der Waals surface area contributed by atoms with Gasteiger partial charge in [0.2, 0.25) is 12.3 Å². The molecule has 3 nitrogen and oxygen atoms in total. The normalized spacial score (nSPS) is 10.6. The second-order valence-corrected chi connectivity index (χ2v) is 5.27. The van der Waals surface area contributed by atoms with Crippen molar-refractivity contribution in [3.8, 4) is 0 Å². The molecule has 0 bridgehead atoms. The molecule has 3 aromatic rings. The number of pyridine rings is 1. The molecule has 108 valence electrons. The summed E-state index contributed by atoms with van der Waals surface area (Å²) in [5.74, 6) is 0.0226. The number of rotatable bonds is 4. The van der Waals surface area contributed by atoms with Crippen molar-refractivity contribution in [2.24, 2.45) is 0 Å². The number of benzene rings is 2. The molecule has 0 unspecified atom stereocenters. The van der Waals surface area contributed by atoms with E-state index in [2.05, 4.69) is 0 Å². The Kier molecular flexibility index (Phi) is 3.79. The van der Waals surface area contributed by atoms with E-state index in [1.807, 2.05) is 42.5 Å². The van der Waals surface area contributed by atoms with Gasteiger partial charge in [-0.15, -0.1) is 0 Å². The quantitative estimate of drug-likeness (QED) is 0.546. The lowest BCUT2D eigenvalue weighted by molar-refractivity contribution is -0.683. The lowest BCUT2D eigenvalue weighted by Crippen LogP contribution is -2.38. The zero-order chi connectivity index (χ0) is 15.5. The number of Topliss-reactive ketones (excluding diaryl/α,β-unsaturated/α-hetero) is 2. The van der Waals surface area contributed by atoms with Crippen molar-refractivity contribution in [2.45, 2.75) is 13.5 Å². The maximum absolute atomic E-state index is 12.6. The van der Waals surface area contributed by atoms with Crippen LogP contribution in [0.5, 0.6) is 0 Å². The predicted molar refractivity (Wildman–Crippen MR) is 84.9 cm³/mol. The van der Waals surface area contributed by atoms with Crippen molar-refractivity contribution in [2.75, 3.05) is 0 Å². The van der Waals surface area contributed by atoms with E-state index in [0.717, 1.165) is 10.8 Å². The van der Waals surface area contributed by atoms with Gasteiger partial charge in [0, 0.05) is 11.6 Å². The fraction of sp³-hybridized carbons (Fsp3) is 0.105. The van der Waals surface area contributed by atoms with Gasteiger partial charge >= 0.3 is 0 Å².